The molecule has 1 aromatic carbocycles. The molecule has 3 aromatic heterocycles. The van der Waals surface area contributed by atoms with Crippen molar-refractivity contribution in [2.75, 3.05) is 17.7 Å². The number of ether oxygens (including phenoxy) is 1. The predicted molar refractivity (Wildman–Crippen MR) is 114 cm³/mol. The van der Waals surface area contributed by atoms with Gasteiger partial charge >= 0.3 is 0 Å². The summed E-state index contributed by atoms with van der Waals surface area (Å²) in [5.41, 5.74) is 3.36. The van der Waals surface area contributed by atoms with E-state index in [1.54, 1.807) is 36.8 Å². The summed E-state index contributed by atoms with van der Waals surface area (Å²) in [4.78, 5) is 29.5. The van der Waals surface area contributed by atoms with Gasteiger partial charge in [-0.1, -0.05) is 30.3 Å². The van der Waals surface area contributed by atoms with E-state index in [-0.39, 0.29) is 17.5 Å². The van der Waals surface area contributed by atoms with E-state index in [0.29, 0.717) is 17.3 Å². The molecule has 1 amide bonds. The zero-order chi connectivity index (χ0) is 20.8. The summed E-state index contributed by atoms with van der Waals surface area (Å²) in [6.45, 7) is 0. The fourth-order valence-corrected chi connectivity index (χ4v) is 2.82. The maximum atomic E-state index is 12.8. The van der Waals surface area contributed by atoms with Crippen LogP contribution in [0.25, 0.3) is 11.1 Å². The summed E-state index contributed by atoms with van der Waals surface area (Å²) in [5.74, 6) is 0.377. The summed E-state index contributed by atoms with van der Waals surface area (Å²) in [7, 11) is 1.54. The number of methoxy groups -OCH3 is 1. The Hall–Kier alpha value is -4.33. The van der Waals surface area contributed by atoms with Crippen LogP contribution in [0.2, 0.25) is 0 Å². The molecule has 8 nitrogen and oxygen atoms in total. The molecule has 0 bridgehead atoms. The molecular formula is C22H18N6O2. The zero-order valence-electron chi connectivity index (χ0n) is 16.1. The van der Waals surface area contributed by atoms with E-state index >= 15 is 0 Å². The van der Waals surface area contributed by atoms with E-state index in [9.17, 15) is 4.79 Å². The van der Waals surface area contributed by atoms with Gasteiger partial charge in [0, 0.05) is 35.9 Å². The SMILES string of the molecule is COc1cc(Nc2nccc(C(=O)Nc3cnccc3-c3ccccc3)n2)ccn1. The quantitative estimate of drug-likeness (QED) is 0.507. The van der Waals surface area contributed by atoms with Crippen molar-refractivity contribution in [1.29, 1.82) is 0 Å². The van der Waals surface area contributed by atoms with Crippen molar-refractivity contribution in [3.05, 3.63) is 85.1 Å². The molecule has 2 N–H and O–H groups in total. The molecule has 8 heteroatoms. The number of hydrogen-bond acceptors (Lipinski definition) is 7. The Balaban J connectivity index is 1.55. The molecule has 0 aliphatic heterocycles. The molecule has 4 rings (SSSR count). The summed E-state index contributed by atoms with van der Waals surface area (Å²) in [6.07, 6.45) is 6.42. The van der Waals surface area contributed by atoms with E-state index < -0.39 is 0 Å². The van der Waals surface area contributed by atoms with Crippen LogP contribution in [0.15, 0.2) is 79.4 Å². The number of anilines is 3. The molecule has 0 radical (unpaired) electrons. The number of nitrogens with zero attached hydrogens (tertiary/aromatic N) is 4. The van der Waals surface area contributed by atoms with E-state index in [1.807, 2.05) is 36.4 Å². The molecule has 0 saturated heterocycles. The van der Waals surface area contributed by atoms with Gasteiger partial charge in [-0.15, -0.1) is 0 Å². The topological polar surface area (TPSA) is 102 Å². The second-order valence-electron chi connectivity index (χ2n) is 6.22. The number of benzene rings is 1. The first-order valence-electron chi connectivity index (χ1n) is 9.14. The predicted octanol–water partition coefficient (Wildman–Crippen LogP) is 3.94. The second-order valence-corrected chi connectivity index (χ2v) is 6.22. The lowest BCUT2D eigenvalue weighted by Gasteiger charge is -2.11. The van der Waals surface area contributed by atoms with Gasteiger partial charge in [-0.05, 0) is 23.8 Å². The van der Waals surface area contributed by atoms with Gasteiger partial charge in [0.15, 0.2) is 0 Å². The van der Waals surface area contributed by atoms with Crippen molar-refractivity contribution in [3.8, 4) is 17.0 Å². The molecule has 4 aromatic rings. The van der Waals surface area contributed by atoms with Gasteiger partial charge in [0.05, 0.1) is 19.0 Å². The summed E-state index contributed by atoms with van der Waals surface area (Å²) >= 11 is 0. The van der Waals surface area contributed by atoms with Crippen LogP contribution in [0.3, 0.4) is 0 Å². The van der Waals surface area contributed by atoms with Gasteiger partial charge in [0.1, 0.15) is 5.69 Å². The largest absolute Gasteiger partial charge is 0.481 e. The highest BCUT2D eigenvalue weighted by molar-refractivity contribution is 6.05. The molecule has 3 heterocycles. The van der Waals surface area contributed by atoms with Crippen LogP contribution in [0.1, 0.15) is 10.5 Å². The first-order valence-corrected chi connectivity index (χ1v) is 9.14. The van der Waals surface area contributed by atoms with Gasteiger partial charge in [-0.3, -0.25) is 9.78 Å². The number of pyridine rings is 2. The minimum Gasteiger partial charge on any atom is -0.481 e. The second kappa shape index (κ2) is 8.78. The molecule has 0 unspecified atom stereocenters. The number of carbonyl (C=O) groups is 1. The van der Waals surface area contributed by atoms with Gasteiger partial charge in [-0.25, -0.2) is 15.0 Å². The lowest BCUT2D eigenvalue weighted by atomic mass is 10.1. The molecule has 148 valence electrons. The van der Waals surface area contributed by atoms with E-state index in [0.717, 1.165) is 11.1 Å². The molecular weight excluding hydrogens is 380 g/mol. The highest BCUT2D eigenvalue weighted by Gasteiger charge is 2.13. The number of hydrogen-bond donors (Lipinski definition) is 2. The monoisotopic (exact) mass is 398 g/mol. The maximum Gasteiger partial charge on any atom is 0.274 e. The van der Waals surface area contributed by atoms with Crippen molar-refractivity contribution < 1.29 is 9.53 Å². The van der Waals surface area contributed by atoms with Crippen molar-refractivity contribution in [1.82, 2.24) is 19.9 Å². The van der Waals surface area contributed by atoms with Crippen LogP contribution in [-0.4, -0.2) is 33.0 Å². The smallest absolute Gasteiger partial charge is 0.274 e. The van der Waals surface area contributed by atoms with Crippen molar-refractivity contribution in [2.24, 2.45) is 0 Å². The average Bonchev–Trinajstić information content (AvgIpc) is 2.80. The number of nitrogens with one attached hydrogen (secondary N) is 2. The van der Waals surface area contributed by atoms with E-state index in [4.69, 9.17) is 4.74 Å². The van der Waals surface area contributed by atoms with Gasteiger partial charge in [0.2, 0.25) is 11.8 Å². The number of amides is 1. The number of carbonyl (C=O) groups excluding carboxylic acids is 1. The molecule has 0 atom stereocenters. The number of aromatic nitrogens is 4. The van der Waals surface area contributed by atoms with Crippen LogP contribution in [0, 0.1) is 0 Å². The van der Waals surface area contributed by atoms with Gasteiger partial charge in [0.25, 0.3) is 5.91 Å². The zero-order valence-corrected chi connectivity index (χ0v) is 16.1. The fraction of sp³-hybridized carbons (Fsp3) is 0.0455. The molecule has 0 saturated carbocycles. The Morgan fingerprint density at radius 2 is 1.80 bits per heavy atom. The fourth-order valence-electron chi connectivity index (χ4n) is 2.82. The first kappa shape index (κ1) is 19.0. The van der Waals surface area contributed by atoms with Crippen LogP contribution >= 0.6 is 0 Å². The van der Waals surface area contributed by atoms with E-state index in [2.05, 4.69) is 30.6 Å². The third kappa shape index (κ3) is 4.39. The normalized spacial score (nSPS) is 10.3. The Kier molecular flexibility index (Phi) is 5.56. The Morgan fingerprint density at radius 1 is 0.967 bits per heavy atom. The number of rotatable bonds is 6. The van der Waals surface area contributed by atoms with Crippen LogP contribution in [-0.2, 0) is 0 Å². The van der Waals surface area contributed by atoms with Gasteiger partial charge in [-0.2, -0.15) is 0 Å². The summed E-state index contributed by atoms with van der Waals surface area (Å²) in [6, 6.07) is 16.6. The standard InChI is InChI=1S/C22H18N6O2/c1-30-20-13-16(7-11-24-20)26-22-25-12-9-18(28-22)21(29)27-19-14-23-10-8-17(19)15-5-3-2-4-6-15/h2-14H,1H3,(H,27,29)(H,24,25,26,28). The highest BCUT2D eigenvalue weighted by Crippen LogP contribution is 2.27. The van der Waals surface area contributed by atoms with Crippen LogP contribution < -0.4 is 15.4 Å². The van der Waals surface area contributed by atoms with Crippen molar-refractivity contribution in [3.63, 3.8) is 0 Å². The molecule has 0 aliphatic carbocycles. The van der Waals surface area contributed by atoms with Crippen LogP contribution in [0.4, 0.5) is 17.3 Å². The Bertz CT molecular complexity index is 1170. The molecule has 30 heavy (non-hydrogen) atoms. The first-order chi connectivity index (χ1) is 14.7. The van der Waals surface area contributed by atoms with E-state index in [1.165, 1.54) is 13.3 Å². The molecule has 0 spiro atoms. The molecule has 0 aliphatic rings. The minimum atomic E-state index is -0.363. The Labute approximate surface area is 173 Å². The third-order valence-electron chi connectivity index (χ3n) is 4.24. The third-order valence-corrected chi connectivity index (χ3v) is 4.24. The van der Waals surface area contributed by atoms with Gasteiger partial charge < -0.3 is 15.4 Å². The summed E-state index contributed by atoms with van der Waals surface area (Å²) in [5, 5.41) is 5.93. The molecule has 0 fully saturated rings. The van der Waals surface area contributed by atoms with Crippen LogP contribution in [0.5, 0.6) is 5.88 Å². The summed E-state index contributed by atoms with van der Waals surface area (Å²) < 4.78 is 5.11. The lowest BCUT2D eigenvalue weighted by Crippen LogP contribution is -2.15. The minimum absolute atomic E-state index is 0.219. The Morgan fingerprint density at radius 3 is 2.63 bits per heavy atom. The maximum absolute atomic E-state index is 12.8. The van der Waals surface area contributed by atoms with Crippen molar-refractivity contribution in [2.45, 2.75) is 0 Å². The van der Waals surface area contributed by atoms with Crippen molar-refractivity contribution >= 4 is 23.2 Å². The lowest BCUT2D eigenvalue weighted by molar-refractivity contribution is 0.102. The average molecular weight is 398 g/mol. The highest BCUT2D eigenvalue weighted by atomic mass is 16.5.